The van der Waals surface area contributed by atoms with Crippen LogP contribution >= 0.6 is 0 Å². The smallest absolute Gasteiger partial charge is 0.0156 e. The monoisotopic (exact) mass is 238 g/mol. The van der Waals surface area contributed by atoms with Crippen LogP contribution in [0.2, 0.25) is 0 Å². The maximum absolute atomic E-state index is 3.58. The Bertz CT molecular complexity index is 245. The lowest BCUT2D eigenvalue weighted by molar-refractivity contribution is 0.189. The molecule has 0 saturated heterocycles. The molecule has 17 heavy (non-hydrogen) atoms. The van der Waals surface area contributed by atoms with Gasteiger partial charge in [-0.05, 0) is 56.5 Å². The van der Waals surface area contributed by atoms with E-state index in [9.17, 15) is 0 Å². The third kappa shape index (κ3) is 3.23. The van der Waals surface area contributed by atoms with Crippen LogP contribution in [0, 0.1) is 17.3 Å². The highest BCUT2D eigenvalue weighted by atomic mass is 15.1. The van der Waals surface area contributed by atoms with Gasteiger partial charge in [-0.2, -0.15) is 0 Å². The van der Waals surface area contributed by atoms with Gasteiger partial charge in [-0.3, -0.25) is 0 Å². The van der Waals surface area contributed by atoms with Crippen molar-refractivity contribution in [2.24, 2.45) is 17.3 Å². The summed E-state index contributed by atoms with van der Waals surface area (Å²) in [6.07, 6.45) is 5.73. The van der Waals surface area contributed by atoms with E-state index in [4.69, 9.17) is 0 Å². The first-order chi connectivity index (χ1) is 8.06. The van der Waals surface area contributed by atoms with Gasteiger partial charge >= 0.3 is 0 Å². The van der Waals surface area contributed by atoms with Gasteiger partial charge < -0.3 is 10.2 Å². The molecule has 2 atom stereocenters. The highest BCUT2D eigenvalue weighted by molar-refractivity contribution is 4.96. The van der Waals surface area contributed by atoms with Gasteiger partial charge in [0, 0.05) is 19.1 Å². The Morgan fingerprint density at radius 2 is 1.88 bits per heavy atom. The average Bonchev–Trinajstić information content (AvgIpc) is 3.04. The minimum Gasteiger partial charge on any atom is -0.316 e. The fraction of sp³-hybridized carbons (Fsp3) is 1.00. The number of hydrogen-bond acceptors (Lipinski definition) is 2. The quantitative estimate of drug-likeness (QED) is 0.765. The molecule has 2 unspecified atom stereocenters. The second kappa shape index (κ2) is 5.27. The summed E-state index contributed by atoms with van der Waals surface area (Å²) in [5.41, 5.74) is 0.485. The van der Waals surface area contributed by atoms with E-state index < -0.39 is 0 Å². The van der Waals surface area contributed by atoms with Crippen molar-refractivity contribution < 1.29 is 0 Å². The summed E-state index contributed by atoms with van der Waals surface area (Å²) in [6.45, 7) is 11.0. The Labute approximate surface area is 107 Å². The van der Waals surface area contributed by atoms with Gasteiger partial charge in [0.25, 0.3) is 0 Å². The van der Waals surface area contributed by atoms with Crippen molar-refractivity contribution >= 4 is 0 Å². The standard InChI is InChI=1S/C15H30N2/c1-5-17(10-12-6-7-12)11-13-8-9-15(2,3)14(13)16-4/h12-14,16H,5-11H2,1-4H3. The SMILES string of the molecule is CCN(CC1CC1)CC1CCC(C)(C)C1NC. The Kier molecular flexibility index (Phi) is 4.14. The van der Waals surface area contributed by atoms with Crippen molar-refractivity contribution in [2.45, 2.75) is 52.5 Å². The van der Waals surface area contributed by atoms with Crippen LogP contribution in [0.1, 0.15) is 46.5 Å². The molecule has 2 fully saturated rings. The molecule has 0 spiro atoms. The number of hydrogen-bond donors (Lipinski definition) is 1. The van der Waals surface area contributed by atoms with Crippen LogP contribution in [0.4, 0.5) is 0 Å². The normalized spacial score (nSPS) is 32.3. The zero-order valence-electron chi connectivity index (χ0n) is 12.1. The van der Waals surface area contributed by atoms with E-state index >= 15 is 0 Å². The third-order valence-corrected chi connectivity index (χ3v) is 4.94. The predicted molar refractivity (Wildman–Crippen MR) is 74.2 cm³/mol. The van der Waals surface area contributed by atoms with Gasteiger partial charge in [0.1, 0.15) is 0 Å². The van der Waals surface area contributed by atoms with Crippen LogP contribution in [0.5, 0.6) is 0 Å². The maximum Gasteiger partial charge on any atom is 0.0156 e. The first kappa shape index (κ1) is 13.4. The van der Waals surface area contributed by atoms with Crippen LogP contribution < -0.4 is 5.32 Å². The summed E-state index contributed by atoms with van der Waals surface area (Å²) in [7, 11) is 2.14. The zero-order chi connectivity index (χ0) is 12.5. The third-order valence-electron chi connectivity index (χ3n) is 4.94. The van der Waals surface area contributed by atoms with Crippen LogP contribution in [0.3, 0.4) is 0 Å². The lowest BCUT2D eigenvalue weighted by Gasteiger charge is -2.33. The van der Waals surface area contributed by atoms with E-state index in [0.717, 1.165) is 11.8 Å². The van der Waals surface area contributed by atoms with E-state index in [0.29, 0.717) is 11.5 Å². The van der Waals surface area contributed by atoms with E-state index in [-0.39, 0.29) is 0 Å². The molecule has 0 heterocycles. The fourth-order valence-electron chi connectivity index (χ4n) is 3.67. The molecule has 1 N–H and O–H groups in total. The predicted octanol–water partition coefficient (Wildman–Crippen LogP) is 2.74. The molecule has 0 bridgehead atoms. The van der Waals surface area contributed by atoms with Gasteiger partial charge in [-0.15, -0.1) is 0 Å². The van der Waals surface area contributed by atoms with Crippen LogP contribution in [0.15, 0.2) is 0 Å². The van der Waals surface area contributed by atoms with Crippen LogP contribution in [-0.2, 0) is 0 Å². The topological polar surface area (TPSA) is 15.3 Å². The van der Waals surface area contributed by atoms with E-state index in [1.165, 1.54) is 45.3 Å². The maximum atomic E-state index is 3.58. The number of nitrogens with zero attached hydrogens (tertiary/aromatic N) is 1. The Morgan fingerprint density at radius 1 is 1.18 bits per heavy atom. The van der Waals surface area contributed by atoms with Crippen LogP contribution in [-0.4, -0.2) is 37.6 Å². The molecular weight excluding hydrogens is 208 g/mol. The summed E-state index contributed by atoms with van der Waals surface area (Å²) < 4.78 is 0. The van der Waals surface area contributed by atoms with Crippen molar-refractivity contribution in [1.82, 2.24) is 10.2 Å². The van der Waals surface area contributed by atoms with E-state index in [1.54, 1.807) is 0 Å². The second-order valence-electron chi connectivity index (χ2n) is 6.85. The van der Waals surface area contributed by atoms with Gasteiger partial charge in [0.2, 0.25) is 0 Å². The van der Waals surface area contributed by atoms with Crippen molar-refractivity contribution in [3.8, 4) is 0 Å². The minimum atomic E-state index is 0.485. The summed E-state index contributed by atoms with van der Waals surface area (Å²) >= 11 is 0. The molecule has 0 radical (unpaired) electrons. The Balaban J connectivity index is 1.88. The van der Waals surface area contributed by atoms with Crippen LogP contribution in [0.25, 0.3) is 0 Å². The van der Waals surface area contributed by atoms with Gasteiger partial charge in [0.05, 0.1) is 0 Å². The highest BCUT2D eigenvalue weighted by Crippen LogP contribution is 2.41. The van der Waals surface area contributed by atoms with Crippen molar-refractivity contribution in [3.05, 3.63) is 0 Å². The summed E-state index contributed by atoms with van der Waals surface area (Å²) in [5, 5.41) is 3.58. The zero-order valence-corrected chi connectivity index (χ0v) is 12.1. The Morgan fingerprint density at radius 3 is 2.41 bits per heavy atom. The van der Waals surface area contributed by atoms with Gasteiger partial charge in [-0.1, -0.05) is 20.8 Å². The summed E-state index contributed by atoms with van der Waals surface area (Å²) in [4.78, 5) is 2.69. The molecule has 2 rings (SSSR count). The second-order valence-corrected chi connectivity index (χ2v) is 6.85. The summed E-state index contributed by atoms with van der Waals surface area (Å²) in [5.74, 6) is 1.88. The average molecular weight is 238 g/mol. The molecule has 2 saturated carbocycles. The lowest BCUT2D eigenvalue weighted by atomic mass is 9.85. The molecule has 100 valence electrons. The van der Waals surface area contributed by atoms with Gasteiger partial charge in [0.15, 0.2) is 0 Å². The minimum absolute atomic E-state index is 0.485. The van der Waals surface area contributed by atoms with Crippen molar-refractivity contribution in [3.63, 3.8) is 0 Å². The molecule has 2 nitrogen and oxygen atoms in total. The lowest BCUT2D eigenvalue weighted by Crippen LogP contribution is -2.44. The molecule has 0 aliphatic heterocycles. The summed E-state index contributed by atoms with van der Waals surface area (Å²) in [6, 6.07) is 0.704. The molecule has 0 aromatic rings. The first-order valence-electron chi connectivity index (χ1n) is 7.46. The fourth-order valence-corrected chi connectivity index (χ4v) is 3.67. The molecule has 0 aromatic heterocycles. The van der Waals surface area contributed by atoms with Gasteiger partial charge in [-0.25, -0.2) is 0 Å². The van der Waals surface area contributed by atoms with Crippen molar-refractivity contribution in [1.29, 1.82) is 0 Å². The largest absolute Gasteiger partial charge is 0.316 e. The number of rotatable bonds is 6. The van der Waals surface area contributed by atoms with E-state index in [1.807, 2.05) is 0 Å². The highest BCUT2D eigenvalue weighted by Gasteiger charge is 2.41. The molecule has 2 aliphatic rings. The molecule has 2 aliphatic carbocycles. The number of nitrogens with one attached hydrogen (secondary N) is 1. The first-order valence-corrected chi connectivity index (χ1v) is 7.46. The van der Waals surface area contributed by atoms with E-state index in [2.05, 4.69) is 38.0 Å². The van der Waals surface area contributed by atoms with Crippen molar-refractivity contribution in [2.75, 3.05) is 26.7 Å². The Hall–Kier alpha value is -0.0800. The molecule has 0 amide bonds. The molecule has 2 heteroatoms. The molecule has 0 aromatic carbocycles. The molecular formula is C15H30N2.